The Hall–Kier alpha value is -4.06. The zero-order chi connectivity index (χ0) is 32.1. The first kappa shape index (κ1) is 29.3. The second-order valence-electron chi connectivity index (χ2n) is 13.9. The normalized spacial score (nSPS) is 24.2. The van der Waals surface area contributed by atoms with Gasteiger partial charge in [-0.2, -0.15) is 0 Å². The maximum absolute atomic E-state index is 13.8. The van der Waals surface area contributed by atoms with E-state index >= 15 is 0 Å². The Morgan fingerprint density at radius 3 is 2.54 bits per heavy atom. The molecule has 4 aromatic rings. The smallest absolute Gasteiger partial charge is 0.282 e. The van der Waals surface area contributed by atoms with Crippen LogP contribution in [-0.2, 0) is 11.3 Å². The number of amides is 2. The fraction of sp³-hybridized carbons (Fsp3) is 0.529. The topological polar surface area (TPSA) is 111 Å². The summed E-state index contributed by atoms with van der Waals surface area (Å²) >= 11 is 0. The van der Waals surface area contributed by atoms with Crippen molar-refractivity contribution in [1.82, 2.24) is 28.7 Å². The molecule has 2 amide bonds. The number of carbonyl (C=O) groups is 2. The highest BCUT2D eigenvalue weighted by molar-refractivity contribution is 5.97. The van der Waals surface area contributed by atoms with Gasteiger partial charge >= 0.3 is 0 Å². The first-order valence-electron chi connectivity index (χ1n) is 16.3. The number of hydrogen-bond donors (Lipinski definition) is 1. The van der Waals surface area contributed by atoms with Crippen molar-refractivity contribution < 1.29 is 23.1 Å². The summed E-state index contributed by atoms with van der Waals surface area (Å²) in [5.74, 6) is -2.23. The quantitative estimate of drug-likeness (QED) is 0.301. The van der Waals surface area contributed by atoms with Crippen LogP contribution in [0, 0.1) is 12.8 Å². The fourth-order valence-corrected chi connectivity index (χ4v) is 7.83. The summed E-state index contributed by atoms with van der Waals surface area (Å²) in [7, 11) is 1.60. The largest absolute Gasteiger partial charge is 0.482 e. The average molecular weight is 632 g/mol. The van der Waals surface area contributed by atoms with Gasteiger partial charge in [-0.15, -0.1) is 0 Å². The number of halogens is 2. The second-order valence-corrected chi connectivity index (χ2v) is 13.9. The summed E-state index contributed by atoms with van der Waals surface area (Å²) in [6.07, 6.45) is 5.20. The SMILES string of the molecule is COc1cc(C(=O)N2[C@H]3CC[C@@H]2[C@H](N)C3)cc2nc(-c3cc4ccc(C(C)CC(=O)N5CC(F)(F)C5)nc4n3CC3CC3)c(C)n12. The molecule has 46 heavy (non-hydrogen) atoms. The third kappa shape index (κ3) is 4.75. The van der Waals surface area contributed by atoms with Crippen LogP contribution in [0.1, 0.15) is 73.1 Å². The number of alkyl halides is 2. The molecule has 10 nitrogen and oxygen atoms in total. The van der Waals surface area contributed by atoms with E-state index in [1.165, 1.54) is 4.90 Å². The van der Waals surface area contributed by atoms with Gasteiger partial charge in [0.2, 0.25) is 5.91 Å². The molecular formula is C34H39F2N7O3. The predicted octanol–water partition coefficient (Wildman–Crippen LogP) is 4.75. The Balaban J connectivity index is 1.15. The molecule has 2 bridgehead atoms. The number of carbonyl (C=O) groups excluding carboxylic acids is 2. The third-order valence-corrected chi connectivity index (χ3v) is 10.5. The van der Waals surface area contributed by atoms with Crippen LogP contribution >= 0.6 is 0 Å². The van der Waals surface area contributed by atoms with E-state index in [2.05, 4.69) is 10.6 Å². The van der Waals surface area contributed by atoms with Gasteiger partial charge in [-0.25, -0.2) is 18.7 Å². The summed E-state index contributed by atoms with van der Waals surface area (Å²) in [4.78, 5) is 39.7. The lowest BCUT2D eigenvalue weighted by molar-refractivity contribution is -0.166. The lowest BCUT2D eigenvalue weighted by atomic mass is 9.97. The first-order chi connectivity index (χ1) is 22.0. The van der Waals surface area contributed by atoms with E-state index in [9.17, 15) is 18.4 Å². The van der Waals surface area contributed by atoms with Crippen LogP contribution in [0.15, 0.2) is 30.3 Å². The van der Waals surface area contributed by atoms with Gasteiger partial charge in [-0.1, -0.05) is 6.92 Å². The maximum atomic E-state index is 13.8. The lowest BCUT2D eigenvalue weighted by Gasteiger charge is -2.39. The Morgan fingerprint density at radius 2 is 1.89 bits per heavy atom. The summed E-state index contributed by atoms with van der Waals surface area (Å²) < 4.78 is 36.7. The zero-order valence-electron chi connectivity index (χ0n) is 26.4. The molecule has 1 saturated carbocycles. The van der Waals surface area contributed by atoms with Crippen LogP contribution in [-0.4, -0.2) is 84.8 Å². The van der Waals surface area contributed by atoms with E-state index in [0.717, 1.165) is 72.5 Å². The minimum atomic E-state index is -2.78. The molecule has 1 unspecified atom stereocenters. The van der Waals surface area contributed by atoms with Gasteiger partial charge in [0.05, 0.1) is 31.6 Å². The summed E-state index contributed by atoms with van der Waals surface area (Å²) in [5.41, 5.74) is 11.7. The van der Waals surface area contributed by atoms with Crippen molar-refractivity contribution in [1.29, 1.82) is 0 Å². The van der Waals surface area contributed by atoms with Gasteiger partial charge in [0.1, 0.15) is 17.0 Å². The maximum Gasteiger partial charge on any atom is 0.282 e. The van der Waals surface area contributed by atoms with Crippen molar-refractivity contribution in [2.45, 2.75) is 88.9 Å². The number of likely N-dealkylation sites (tertiary alicyclic amines) is 1. The molecule has 4 aliphatic rings. The number of aryl methyl sites for hydroxylation is 1. The van der Waals surface area contributed by atoms with E-state index in [-0.39, 0.29) is 42.3 Å². The van der Waals surface area contributed by atoms with E-state index < -0.39 is 19.0 Å². The fourth-order valence-electron chi connectivity index (χ4n) is 7.83. The minimum absolute atomic E-state index is 0.0214. The molecule has 7 heterocycles. The van der Waals surface area contributed by atoms with Crippen molar-refractivity contribution >= 4 is 28.5 Å². The molecular weight excluding hydrogens is 592 g/mol. The summed E-state index contributed by atoms with van der Waals surface area (Å²) in [6.45, 7) is 3.69. The van der Waals surface area contributed by atoms with Crippen LogP contribution in [0.2, 0.25) is 0 Å². The van der Waals surface area contributed by atoms with Crippen molar-refractivity contribution in [3.05, 3.63) is 47.3 Å². The average Bonchev–Trinajstić information content (AvgIpc) is 3.33. The third-order valence-electron chi connectivity index (χ3n) is 10.5. The van der Waals surface area contributed by atoms with E-state index in [0.29, 0.717) is 23.0 Å². The number of imidazole rings is 1. The number of pyridine rings is 2. The molecule has 3 aliphatic heterocycles. The number of methoxy groups -OCH3 is 1. The Bertz CT molecular complexity index is 1890. The molecule has 4 aromatic heterocycles. The van der Waals surface area contributed by atoms with Crippen LogP contribution in [0.5, 0.6) is 5.88 Å². The van der Waals surface area contributed by atoms with Crippen molar-refractivity contribution in [3.63, 3.8) is 0 Å². The number of nitrogens with two attached hydrogens (primary N) is 1. The molecule has 1 aliphatic carbocycles. The van der Waals surface area contributed by atoms with Crippen LogP contribution in [0.3, 0.4) is 0 Å². The van der Waals surface area contributed by atoms with E-state index in [4.69, 9.17) is 20.4 Å². The Labute approximate surface area is 265 Å². The molecule has 12 heteroatoms. The molecule has 0 spiro atoms. The highest BCUT2D eigenvalue weighted by Crippen LogP contribution is 2.40. The van der Waals surface area contributed by atoms with Gasteiger partial charge in [-0.05, 0) is 69.2 Å². The van der Waals surface area contributed by atoms with Crippen LogP contribution in [0.25, 0.3) is 28.1 Å². The summed E-state index contributed by atoms with van der Waals surface area (Å²) in [5, 5.41) is 0.959. The first-order valence-corrected chi connectivity index (χ1v) is 16.3. The minimum Gasteiger partial charge on any atom is -0.482 e. The number of rotatable bonds is 8. The molecule has 0 radical (unpaired) electrons. The molecule has 4 fully saturated rings. The number of fused-ring (bicyclic) bond motifs is 4. The van der Waals surface area contributed by atoms with Crippen molar-refractivity contribution in [2.75, 3.05) is 20.2 Å². The van der Waals surface area contributed by atoms with E-state index in [1.807, 2.05) is 41.3 Å². The standard InChI is InChI=1S/C34H39F2N7O3/c1-18(10-29(44)40-16-34(35,36)17-40)25-8-6-21-11-27(41(32(21)38-25)15-20-4-5-20)31-19(2)42-28(39-31)12-22(13-30(42)46-3)33(45)43-23-7-9-26(43)24(37)14-23/h6,8,11-13,18,20,23-24,26H,4-5,7,9-10,14-17,37H2,1-3H3/t18?,23-,24+,26+/m0/s1. The Morgan fingerprint density at radius 1 is 1.11 bits per heavy atom. The second kappa shape index (κ2) is 10.5. The number of aromatic nitrogens is 4. The van der Waals surface area contributed by atoms with Crippen molar-refractivity contribution in [2.24, 2.45) is 11.7 Å². The Kier molecular flexibility index (Phi) is 6.69. The zero-order valence-corrected chi connectivity index (χ0v) is 26.4. The lowest BCUT2D eigenvalue weighted by Crippen LogP contribution is -2.58. The monoisotopic (exact) mass is 631 g/mol. The van der Waals surface area contributed by atoms with Crippen molar-refractivity contribution in [3.8, 4) is 17.3 Å². The molecule has 8 rings (SSSR count). The predicted molar refractivity (Wildman–Crippen MR) is 168 cm³/mol. The van der Waals surface area contributed by atoms with Gasteiger partial charge in [-0.3, -0.25) is 14.0 Å². The molecule has 2 N–H and O–H groups in total. The van der Waals surface area contributed by atoms with Crippen LogP contribution in [0.4, 0.5) is 8.78 Å². The highest BCUT2D eigenvalue weighted by Gasteiger charge is 2.48. The summed E-state index contributed by atoms with van der Waals surface area (Å²) in [6, 6.07) is 9.97. The van der Waals surface area contributed by atoms with Gasteiger partial charge in [0.25, 0.3) is 11.8 Å². The number of nitrogens with zero attached hydrogens (tertiary/aromatic N) is 6. The molecule has 0 aromatic carbocycles. The van der Waals surface area contributed by atoms with Gasteiger partial charge in [0, 0.05) is 59.7 Å². The van der Waals surface area contributed by atoms with Gasteiger partial charge in [0.15, 0.2) is 5.88 Å². The number of hydrogen-bond acceptors (Lipinski definition) is 6. The van der Waals surface area contributed by atoms with Crippen LogP contribution < -0.4 is 10.5 Å². The number of ether oxygens (including phenoxy) is 1. The molecule has 3 saturated heterocycles. The molecule has 242 valence electrons. The molecule has 4 atom stereocenters. The highest BCUT2D eigenvalue weighted by atomic mass is 19.3. The van der Waals surface area contributed by atoms with E-state index in [1.54, 1.807) is 13.2 Å². The van der Waals surface area contributed by atoms with Gasteiger partial charge < -0.3 is 24.8 Å².